The Morgan fingerprint density at radius 2 is 1.48 bits per heavy atom. The van der Waals surface area contributed by atoms with Crippen molar-refractivity contribution in [1.82, 2.24) is 4.90 Å². The topological polar surface area (TPSA) is 101 Å². The van der Waals surface area contributed by atoms with E-state index >= 15 is 0 Å². The van der Waals surface area contributed by atoms with E-state index < -0.39 is 36.2 Å². The first-order valence-electron chi connectivity index (χ1n) is 8.07. The van der Waals surface area contributed by atoms with Gasteiger partial charge in [-0.2, -0.15) is 0 Å². The molecule has 0 aliphatic rings. The van der Waals surface area contributed by atoms with Crippen molar-refractivity contribution in [3.8, 4) is 0 Å². The molecule has 0 saturated heterocycles. The molecule has 25 heavy (non-hydrogen) atoms. The van der Waals surface area contributed by atoms with Crippen LogP contribution < -0.4 is 0 Å². The van der Waals surface area contributed by atoms with Crippen molar-refractivity contribution in [2.75, 3.05) is 0 Å². The molecule has 0 rings (SSSR count). The largest absolute Gasteiger partial charge is 0.481 e. The Hall–Kier alpha value is -2.70. The number of carboxylic acid groups (broad SMARTS) is 1. The molecule has 1 atom stereocenters. The maximum absolute atomic E-state index is 12.4. The fourth-order valence-corrected chi connectivity index (χ4v) is 1.99. The number of nitrogens with zero attached hydrogens (tertiary/aromatic N) is 1. The number of carboxylic acids is 1. The van der Waals surface area contributed by atoms with Crippen LogP contribution in [0.1, 0.15) is 46.0 Å². The van der Waals surface area contributed by atoms with Gasteiger partial charge in [-0.1, -0.05) is 44.7 Å². The molecule has 0 aromatic heterocycles. The molecule has 2 amide bonds. The first-order valence-corrected chi connectivity index (χ1v) is 8.07. The summed E-state index contributed by atoms with van der Waals surface area (Å²) in [7, 11) is 0. The van der Waals surface area contributed by atoms with E-state index in [0.29, 0.717) is 17.7 Å². The lowest BCUT2D eigenvalue weighted by Crippen LogP contribution is -2.49. The SMILES string of the molecule is C=COC(=O)C(CC(=O)O)N(C(=O)C/C=C/CC)C(=O)C/C=C/CC. The minimum atomic E-state index is -1.54. The standard InChI is InChI=1S/C18H25NO6/c1-4-7-9-11-15(20)19(16(21)12-10-8-5-2)14(13-17(22)23)18(24)25-6-3/h6-10,14H,3-5,11-13H2,1-2H3,(H,22,23)/b9-7+,10-8+. The zero-order valence-electron chi connectivity index (χ0n) is 14.6. The lowest BCUT2D eigenvalue weighted by molar-refractivity contribution is -0.160. The van der Waals surface area contributed by atoms with Gasteiger partial charge >= 0.3 is 11.9 Å². The van der Waals surface area contributed by atoms with E-state index in [-0.39, 0.29) is 12.8 Å². The number of carbonyl (C=O) groups is 4. The van der Waals surface area contributed by atoms with Crippen LogP contribution in [0.25, 0.3) is 0 Å². The molecule has 7 nitrogen and oxygen atoms in total. The van der Waals surface area contributed by atoms with Gasteiger partial charge in [0.1, 0.15) is 6.04 Å². The summed E-state index contributed by atoms with van der Waals surface area (Å²) in [6.07, 6.45) is 7.90. The number of rotatable bonds is 11. The highest BCUT2D eigenvalue weighted by atomic mass is 16.5. The number of hydrogen-bond donors (Lipinski definition) is 1. The Labute approximate surface area is 147 Å². The second kappa shape index (κ2) is 12.7. The van der Waals surface area contributed by atoms with E-state index in [4.69, 9.17) is 5.11 Å². The van der Waals surface area contributed by atoms with Crippen molar-refractivity contribution in [2.45, 2.75) is 52.0 Å². The fourth-order valence-electron chi connectivity index (χ4n) is 1.99. The summed E-state index contributed by atoms with van der Waals surface area (Å²) in [5.41, 5.74) is 0. The summed E-state index contributed by atoms with van der Waals surface area (Å²) in [6.45, 7) is 7.00. The van der Waals surface area contributed by atoms with E-state index in [0.717, 1.165) is 6.26 Å². The summed E-state index contributed by atoms with van der Waals surface area (Å²) in [5.74, 6) is -3.67. The van der Waals surface area contributed by atoms with E-state index in [9.17, 15) is 19.2 Å². The van der Waals surface area contributed by atoms with Gasteiger partial charge in [-0.05, 0) is 12.8 Å². The number of imide groups is 1. The van der Waals surface area contributed by atoms with Crippen LogP contribution >= 0.6 is 0 Å². The van der Waals surface area contributed by atoms with Crippen LogP contribution in [0.3, 0.4) is 0 Å². The Bertz CT molecular complexity index is 522. The number of aliphatic carboxylic acids is 1. The van der Waals surface area contributed by atoms with E-state index in [2.05, 4.69) is 11.3 Å². The van der Waals surface area contributed by atoms with Crippen LogP contribution in [0.4, 0.5) is 0 Å². The average Bonchev–Trinajstić information content (AvgIpc) is 2.54. The summed E-state index contributed by atoms with van der Waals surface area (Å²) in [4.78, 5) is 48.7. The van der Waals surface area contributed by atoms with Gasteiger partial charge in [-0.25, -0.2) is 4.79 Å². The molecular formula is C18H25NO6. The molecule has 0 saturated carbocycles. The van der Waals surface area contributed by atoms with Gasteiger partial charge in [0, 0.05) is 12.8 Å². The normalized spacial score (nSPS) is 12.1. The maximum atomic E-state index is 12.4. The van der Waals surface area contributed by atoms with Crippen molar-refractivity contribution >= 4 is 23.8 Å². The molecule has 0 spiro atoms. The van der Waals surface area contributed by atoms with Crippen LogP contribution in [0, 0.1) is 0 Å². The van der Waals surface area contributed by atoms with E-state index in [1.165, 1.54) is 0 Å². The Morgan fingerprint density at radius 1 is 1.00 bits per heavy atom. The van der Waals surface area contributed by atoms with Gasteiger partial charge in [0.25, 0.3) is 0 Å². The molecule has 1 N–H and O–H groups in total. The second-order valence-corrected chi connectivity index (χ2v) is 5.04. The van der Waals surface area contributed by atoms with Crippen LogP contribution in [-0.2, 0) is 23.9 Å². The van der Waals surface area contributed by atoms with E-state index in [1.54, 1.807) is 24.3 Å². The average molecular weight is 351 g/mol. The van der Waals surface area contributed by atoms with Gasteiger partial charge in [0.05, 0.1) is 12.7 Å². The van der Waals surface area contributed by atoms with Gasteiger partial charge in [-0.3, -0.25) is 19.3 Å². The molecule has 0 bridgehead atoms. The summed E-state index contributed by atoms with van der Waals surface area (Å²) in [6, 6.07) is -1.54. The smallest absolute Gasteiger partial charge is 0.334 e. The third-order valence-corrected chi connectivity index (χ3v) is 3.08. The molecule has 0 aromatic carbocycles. The number of amides is 2. The lowest BCUT2D eigenvalue weighted by Gasteiger charge is -2.26. The minimum absolute atomic E-state index is 0.117. The van der Waals surface area contributed by atoms with Crippen molar-refractivity contribution in [3.05, 3.63) is 37.1 Å². The van der Waals surface area contributed by atoms with Crippen molar-refractivity contribution < 1.29 is 29.0 Å². The predicted octanol–water partition coefficient (Wildman–Crippen LogP) is 2.58. The van der Waals surface area contributed by atoms with Gasteiger partial charge in [-0.15, -0.1) is 0 Å². The Morgan fingerprint density at radius 3 is 1.84 bits per heavy atom. The number of ether oxygens (including phenoxy) is 1. The molecule has 0 aliphatic carbocycles. The summed E-state index contributed by atoms with van der Waals surface area (Å²) in [5, 5.41) is 9.03. The second-order valence-electron chi connectivity index (χ2n) is 5.04. The highest BCUT2D eigenvalue weighted by Crippen LogP contribution is 2.13. The third-order valence-electron chi connectivity index (χ3n) is 3.08. The van der Waals surface area contributed by atoms with E-state index in [1.807, 2.05) is 13.8 Å². The maximum Gasteiger partial charge on any atom is 0.334 e. The number of allylic oxidation sites excluding steroid dienone is 2. The molecule has 0 fully saturated rings. The Balaban J connectivity index is 5.61. The molecule has 0 aliphatic heterocycles. The quantitative estimate of drug-likeness (QED) is 0.349. The van der Waals surface area contributed by atoms with Crippen molar-refractivity contribution in [2.24, 2.45) is 0 Å². The first kappa shape index (κ1) is 22.3. The third kappa shape index (κ3) is 8.64. The van der Waals surface area contributed by atoms with Crippen LogP contribution in [0.2, 0.25) is 0 Å². The molecular weight excluding hydrogens is 326 g/mol. The fraction of sp³-hybridized carbons (Fsp3) is 0.444. The minimum Gasteiger partial charge on any atom is -0.481 e. The zero-order chi connectivity index (χ0) is 19.2. The number of hydrogen-bond acceptors (Lipinski definition) is 5. The summed E-state index contributed by atoms with van der Waals surface area (Å²) >= 11 is 0. The highest BCUT2D eigenvalue weighted by Gasteiger charge is 2.36. The first-order chi connectivity index (χ1) is 11.9. The monoisotopic (exact) mass is 351 g/mol. The van der Waals surface area contributed by atoms with Crippen LogP contribution in [-0.4, -0.2) is 39.8 Å². The molecule has 1 unspecified atom stereocenters. The predicted molar refractivity (Wildman–Crippen MR) is 92.3 cm³/mol. The van der Waals surface area contributed by atoms with Crippen LogP contribution in [0.5, 0.6) is 0 Å². The number of carbonyl (C=O) groups excluding carboxylic acids is 3. The van der Waals surface area contributed by atoms with Crippen molar-refractivity contribution in [1.29, 1.82) is 0 Å². The van der Waals surface area contributed by atoms with Crippen LogP contribution in [0.15, 0.2) is 37.1 Å². The zero-order valence-corrected chi connectivity index (χ0v) is 14.6. The lowest BCUT2D eigenvalue weighted by atomic mass is 10.1. The summed E-state index contributed by atoms with van der Waals surface area (Å²) < 4.78 is 4.62. The molecule has 138 valence electrons. The Kier molecular flexibility index (Phi) is 11.3. The molecule has 0 heterocycles. The van der Waals surface area contributed by atoms with Crippen molar-refractivity contribution in [3.63, 3.8) is 0 Å². The van der Waals surface area contributed by atoms with Gasteiger partial charge < -0.3 is 9.84 Å². The molecule has 7 heteroatoms. The van der Waals surface area contributed by atoms with Gasteiger partial charge in [0.15, 0.2) is 0 Å². The molecule has 0 aromatic rings. The van der Waals surface area contributed by atoms with Gasteiger partial charge in [0.2, 0.25) is 11.8 Å². The molecule has 0 radical (unpaired) electrons. The highest BCUT2D eigenvalue weighted by molar-refractivity contribution is 6.01. The number of esters is 1.